The zero-order valence-corrected chi connectivity index (χ0v) is 14.7. The average molecular weight is 399 g/mol. The highest BCUT2D eigenvalue weighted by molar-refractivity contribution is 9.11. The summed E-state index contributed by atoms with van der Waals surface area (Å²) in [4.78, 5) is 0. The van der Waals surface area contributed by atoms with E-state index >= 15 is 0 Å². The number of halogens is 2. The molecule has 2 aromatic rings. The van der Waals surface area contributed by atoms with Crippen molar-refractivity contribution in [2.24, 2.45) is 0 Å². The van der Waals surface area contributed by atoms with Crippen LogP contribution in [0.2, 0.25) is 0 Å². The van der Waals surface area contributed by atoms with E-state index in [0.29, 0.717) is 6.54 Å². The summed E-state index contributed by atoms with van der Waals surface area (Å²) in [6, 6.07) is 12.6. The van der Waals surface area contributed by atoms with Gasteiger partial charge in [-0.1, -0.05) is 35.0 Å². The number of aryl methyl sites for hydroxylation is 1. The van der Waals surface area contributed by atoms with E-state index in [1.165, 1.54) is 5.56 Å². The van der Waals surface area contributed by atoms with Gasteiger partial charge in [-0.2, -0.15) is 0 Å². The molecule has 0 aliphatic heterocycles. The number of methoxy groups -OCH3 is 1. The molecule has 0 amide bonds. The van der Waals surface area contributed by atoms with E-state index in [1.54, 1.807) is 7.11 Å². The van der Waals surface area contributed by atoms with E-state index in [9.17, 15) is 0 Å². The summed E-state index contributed by atoms with van der Waals surface area (Å²) >= 11 is 7.03. The lowest BCUT2D eigenvalue weighted by atomic mass is 10.1. The molecule has 0 fully saturated rings. The normalized spacial score (nSPS) is 10.4. The fourth-order valence-corrected chi connectivity index (χ4v) is 3.50. The van der Waals surface area contributed by atoms with E-state index in [1.807, 2.05) is 6.07 Å². The van der Waals surface area contributed by atoms with Gasteiger partial charge >= 0.3 is 0 Å². The lowest BCUT2D eigenvalue weighted by Gasteiger charge is -2.13. The Balaban J connectivity index is 2.13. The molecule has 2 rings (SSSR count). The number of rotatable bonds is 5. The van der Waals surface area contributed by atoms with Gasteiger partial charge in [0.05, 0.1) is 11.6 Å². The zero-order chi connectivity index (χ0) is 14.5. The minimum absolute atomic E-state index is 0.715. The summed E-state index contributed by atoms with van der Waals surface area (Å²) in [7, 11) is 1.69. The standard InChI is InChI=1S/C16H17Br2NO/c1-3-11-4-6-14(7-5-11)19-10-12-8-13(17)9-15(18)16(12)20-2/h4-9,19H,3,10H2,1-2H3. The highest BCUT2D eigenvalue weighted by Gasteiger charge is 2.09. The van der Waals surface area contributed by atoms with E-state index in [4.69, 9.17) is 4.74 Å². The van der Waals surface area contributed by atoms with Crippen LogP contribution in [0.4, 0.5) is 5.69 Å². The summed E-state index contributed by atoms with van der Waals surface area (Å²) in [6.07, 6.45) is 1.06. The summed E-state index contributed by atoms with van der Waals surface area (Å²) in [5, 5.41) is 3.42. The first-order chi connectivity index (χ1) is 9.63. The summed E-state index contributed by atoms with van der Waals surface area (Å²) in [5.74, 6) is 0.867. The summed E-state index contributed by atoms with van der Waals surface area (Å²) < 4.78 is 7.43. The van der Waals surface area contributed by atoms with Gasteiger partial charge in [-0.15, -0.1) is 0 Å². The first-order valence-electron chi connectivity index (χ1n) is 6.48. The third kappa shape index (κ3) is 3.76. The number of hydrogen-bond acceptors (Lipinski definition) is 2. The molecule has 106 valence electrons. The molecule has 4 heteroatoms. The molecular weight excluding hydrogens is 382 g/mol. The van der Waals surface area contributed by atoms with E-state index in [2.05, 4.69) is 74.4 Å². The monoisotopic (exact) mass is 397 g/mol. The number of benzene rings is 2. The molecule has 2 aromatic carbocycles. The number of ether oxygens (including phenoxy) is 1. The zero-order valence-electron chi connectivity index (χ0n) is 11.5. The van der Waals surface area contributed by atoms with Crippen molar-refractivity contribution in [3.05, 3.63) is 56.5 Å². The SMILES string of the molecule is CCc1ccc(NCc2cc(Br)cc(Br)c2OC)cc1. The lowest BCUT2D eigenvalue weighted by molar-refractivity contribution is 0.407. The Labute approximate surface area is 136 Å². The molecule has 0 heterocycles. The Kier molecular flexibility index (Phi) is 5.49. The third-order valence-electron chi connectivity index (χ3n) is 3.13. The van der Waals surface area contributed by atoms with Gasteiger partial charge < -0.3 is 10.1 Å². The van der Waals surface area contributed by atoms with Crippen molar-refractivity contribution in [1.82, 2.24) is 0 Å². The first-order valence-corrected chi connectivity index (χ1v) is 8.07. The molecule has 0 atom stereocenters. The van der Waals surface area contributed by atoms with Crippen LogP contribution < -0.4 is 10.1 Å². The molecule has 0 unspecified atom stereocenters. The molecular formula is C16H17Br2NO. The largest absolute Gasteiger partial charge is 0.495 e. The molecule has 1 N–H and O–H groups in total. The Morgan fingerprint density at radius 3 is 2.40 bits per heavy atom. The summed E-state index contributed by atoms with van der Waals surface area (Å²) in [5.41, 5.74) is 3.56. The van der Waals surface area contributed by atoms with Crippen molar-refractivity contribution < 1.29 is 4.74 Å². The molecule has 20 heavy (non-hydrogen) atoms. The van der Waals surface area contributed by atoms with Crippen LogP contribution in [0.15, 0.2) is 45.3 Å². The van der Waals surface area contributed by atoms with Crippen LogP contribution in [0, 0.1) is 0 Å². The van der Waals surface area contributed by atoms with Crippen molar-refractivity contribution in [3.63, 3.8) is 0 Å². The Bertz CT molecular complexity index is 582. The van der Waals surface area contributed by atoms with Crippen LogP contribution >= 0.6 is 31.9 Å². The Morgan fingerprint density at radius 2 is 1.80 bits per heavy atom. The maximum Gasteiger partial charge on any atom is 0.138 e. The maximum absolute atomic E-state index is 5.45. The van der Waals surface area contributed by atoms with E-state index in [0.717, 1.165) is 32.4 Å². The summed E-state index contributed by atoms with van der Waals surface area (Å²) in [6.45, 7) is 2.87. The van der Waals surface area contributed by atoms with Crippen LogP contribution in [-0.2, 0) is 13.0 Å². The van der Waals surface area contributed by atoms with Crippen LogP contribution in [0.1, 0.15) is 18.1 Å². The molecule has 0 spiro atoms. The van der Waals surface area contributed by atoms with Gasteiger partial charge in [-0.25, -0.2) is 0 Å². The molecule has 0 saturated heterocycles. The molecule has 0 aliphatic carbocycles. The molecule has 0 saturated carbocycles. The second-order valence-electron chi connectivity index (χ2n) is 4.48. The van der Waals surface area contributed by atoms with Crippen LogP contribution in [0.3, 0.4) is 0 Å². The predicted octanol–water partition coefficient (Wildman–Crippen LogP) is 5.39. The minimum atomic E-state index is 0.715. The van der Waals surface area contributed by atoms with Crippen molar-refractivity contribution in [2.75, 3.05) is 12.4 Å². The smallest absolute Gasteiger partial charge is 0.138 e. The van der Waals surface area contributed by atoms with Crippen LogP contribution in [0.25, 0.3) is 0 Å². The Hall–Kier alpha value is -1.00. The molecule has 0 radical (unpaired) electrons. The second-order valence-corrected chi connectivity index (χ2v) is 6.25. The highest BCUT2D eigenvalue weighted by Crippen LogP contribution is 2.33. The molecule has 0 aromatic heterocycles. The first kappa shape index (κ1) is 15.4. The van der Waals surface area contributed by atoms with Crippen LogP contribution in [-0.4, -0.2) is 7.11 Å². The second kappa shape index (κ2) is 7.14. The highest BCUT2D eigenvalue weighted by atomic mass is 79.9. The third-order valence-corrected chi connectivity index (χ3v) is 4.18. The predicted molar refractivity (Wildman–Crippen MR) is 91.5 cm³/mol. The van der Waals surface area contributed by atoms with Crippen molar-refractivity contribution in [1.29, 1.82) is 0 Å². The Morgan fingerprint density at radius 1 is 1.10 bits per heavy atom. The van der Waals surface area contributed by atoms with Gasteiger partial charge in [0, 0.05) is 22.3 Å². The van der Waals surface area contributed by atoms with Crippen LogP contribution in [0.5, 0.6) is 5.75 Å². The van der Waals surface area contributed by atoms with Gasteiger partial charge in [0.2, 0.25) is 0 Å². The van der Waals surface area contributed by atoms with E-state index < -0.39 is 0 Å². The van der Waals surface area contributed by atoms with Crippen molar-refractivity contribution in [2.45, 2.75) is 19.9 Å². The van der Waals surface area contributed by atoms with Crippen molar-refractivity contribution in [3.8, 4) is 5.75 Å². The van der Waals surface area contributed by atoms with Gasteiger partial charge in [0.15, 0.2) is 0 Å². The minimum Gasteiger partial charge on any atom is -0.495 e. The maximum atomic E-state index is 5.45. The molecule has 0 bridgehead atoms. The quantitative estimate of drug-likeness (QED) is 0.728. The van der Waals surface area contributed by atoms with Gasteiger partial charge in [0.1, 0.15) is 5.75 Å². The van der Waals surface area contributed by atoms with Gasteiger partial charge in [-0.3, -0.25) is 0 Å². The van der Waals surface area contributed by atoms with E-state index in [-0.39, 0.29) is 0 Å². The molecule has 0 aliphatic rings. The lowest BCUT2D eigenvalue weighted by Crippen LogP contribution is -2.02. The number of anilines is 1. The fourth-order valence-electron chi connectivity index (χ4n) is 2.03. The average Bonchev–Trinajstić information content (AvgIpc) is 2.45. The van der Waals surface area contributed by atoms with Gasteiger partial charge in [-0.05, 0) is 52.2 Å². The molecule has 2 nitrogen and oxygen atoms in total. The number of hydrogen-bond donors (Lipinski definition) is 1. The fraction of sp³-hybridized carbons (Fsp3) is 0.250. The number of nitrogens with one attached hydrogen (secondary N) is 1. The van der Waals surface area contributed by atoms with Gasteiger partial charge in [0.25, 0.3) is 0 Å². The van der Waals surface area contributed by atoms with Crippen molar-refractivity contribution >= 4 is 37.5 Å². The topological polar surface area (TPSA) is 21.3 Å².